The van der Waals surface area contributed by atoms with Crippen molar-refractivity contribution in [2.45, 2.75) is 4.90 Å². The fourth-order valence-corrected chi connectivity index (χ4v) is 2.71. The number of nitrogens with two attached hydrogens (primary N) is 1. The summed E-state index contributed by atoms with van der Waals surface area (Å²) < 4.78 is 40.7. The van der Waals surface area contributed by atoms with Crippen molar-refractivity contribution in [2.24, 2.45) is 5.14 Å². The number of hydrogen-bond acceptors (Lipinski definition) is 7. The van der Waals surface area contributed by atoms with Crippen LogP contribution in [0, 0.1) is 15.9 Å². The lowest BCUT2D eigenvalue weighted by atomic mass is 10.2. The molecule has 2 aromatic carbocycles. The van der Waals surface area contributed by atoms with Gasteiger partial charge in [-0.3, -0.25) is 14.9 Å². The molecule has 0 aliphatic carbocycles. The maximum Gasteiger partial charge on any atom is 0.340 e. The number of nitrogens with one attached hydrogen (secondary N) is 1. The quantitative estimate of drug-likeness (QED) is 0.401. The van der Waals surface area contributed by atoms with Crippen molar-refractivity contribution >= 4 is 44.9 Å². The van der Waals surface area contributed by atoms with Gasteiger partial charge in [-0.15, -0.1) is 0 Å². The first kappa shape index (κ1) is 21.2. The Kier molecular flexibility index (Phi) is 6.28. The Morgan fingerprint density at radius 3 is 2.54 bits per heavy atom. The van der Waals surface area contributed by atoms with Crippen molar-refractivity contribution in [1.29, 1.82) is 0 Å². The van der Waals surface area contributed by atoms with Crippen LogP contribution in [0.5, 0.6) is 0 Å². The summed E-state index contributed by atoms with van der Waals surface area (Å²) in [6.45, 7) is -0.820. The van der Waals surface area contributed by atoms with Gasteiger partial charge in [0.25, 0.3) is 5.91 Å². The molecule has 28 heavy (non-hydrogen) atoms. The van der Waals surface area contributed by atoms with Crippen LogP contribution in [-0.4, -0.2) is 31.8 Å². The fraction of sp³-hybridized carbons (Fsp3) is 0.0667. The van der Waals surface area contributed by atoms with E-state index in [0.717, 1.165) is 36.4 Å². The molecule has 0 atom stereocenters. The van der Waals surface area contributed by atoms with Crippen molar-refractivity contribution in [2.75, 3.05) is 11.9 Å². The summed E-state index contributed by atoms with van der Waals surface area (Å²) in [6.07, 6.45) is 0. The third-order valence-corrected chi connectivity index (χ3v) is 4.49. The second kappa shape index (κ2) is 8.29. The molecule has 0 heterocycles. The fourth-order valence-electron chi connectivity index (χ4n) is 1.97. The zero-order valence-corrected chi connectivity index (χ0v) is 15.3. The van der Waals surface area contributed by atoms with Crippen LogP contribution in [0.25, 0.3) is 0 Å². The van der Waals surface area contributed by atoms with Crippen LogP contribution in [0.3, 0.4) is 0 Å². The molecule has 0 saturated carbocycles. The molecule has 0 fully saturated rings. The highest BCUT2D eigenvalue weighted by atomic mass is 35.5. The van der Waals surface area contributed by atoms with Gasteiger partial charge in [-0.1, -0.05) is 11.6 Å². The van der Waals surface area contributed by atoms with Gasteiger partial charge in [0.05, 0.1) is 20.4 Å². The number of nitro groups is 1. The van der Waals surface area contributed by atoms with Crippen LogP contribution in [0.15, 0.2) is 41.3 Å². The maximum atomic E-state index is 13.3. The molecule has 3 N–H and O–H groups in total. The molecule has 2 aromatic rings. The van der Waals surface area contributed by atoms with E-state index in [1.165, 1.54) is 0 Å². The molecule has 0 bridgehead atoms. The van der Waals surface area contributed by atoms with E-state index in [4.69, 9.17) is 21.5 Å². The highest BCUT2D eigenvalue weighted by Crippen LogP contribution is 2.22. The zero-order valence-electron chi connectivity index (χ0n) is 13.7. The second-order valence-corrected chi connectivity index (χ2v) is 7.20. The second-order valence-electron chi connectivity index (χ2n) is 5.23. The molecule has 10 nitrogen and oxygen atoms in total. The smallest absolute Gasteiger partial charge is 0.340 e. The molecule has 0 radical (unpaired) electrons. The number of benzene rings is 2. The van der Waals surface area contributed by atoms with E-state index in [-0.39, 0.29) is 21.2 Å². The number of nitro benzene ring substituents is 1. The lowest BCUT2D eigenvalue weighted by molar-refractivity contribution is -0.387. The minimum Gasteiger partial charge on any atom is -0.452 e. The average molecular weight is 432 g/mol. The van der Waals surface area contributed by atoms with Gasteiger partial charge in [0.15, 0.2) is 6.61 Å². The largest absolute Gasteiger partial charge is 0.452 e. The van der Waals surface area contributed by atoms with E-state index < -0.39 is 44.9 Å². The van der Waals surface area contributed by atoms with Crippen molar-refractivity contribution in [3.8, 4) is 0 Å². The number of anilines is 1. The highest BCUT2D eigenvalue weighted by Gasteiger charge is 2.19. The highest BCUT2D eigenvalue weighted by molar-refractivity contribution is 7.89. The summed E-state index contributed by atoms with van der Waals surface area (Å²) in [4.78, 5) is 33.2. The first-order valence-corrected chi connectivity index (χ1v) is 9.14. The summed E-state index contributed by atoms with van der Waals surface area (Å²) in [7, 11) is -4.09. The monoisotopic (exact) mass is 431 g/mol. The van der Waals surface area contributed by atoms with Crippen molar-refractivity contribution in [3.63, 3.8) is 0 Å². The van der Waals surface area contributed by atoms with E-state index in [0.29, 0.717) is 0 Å². The Morgan fingerprint density at radius 1 is 1.25 bits per heavy atom. The molecule has 148 valence electrons. The molecule has 0 unspecified atom stereocenters. The van der Waals surface area contributed by atoms with Crippen LogP contribution >= 0.6 is 11.6 Å². The third-order valence-electron chi connectivity index (χ3n) is 3.25. The number of ether oxygens (including phenoxy) is 1. The first-order valence-electron chi connectivity index (χ1n) is 7.22. The summed E-state index contributed by atoms with van der Waals surface area (Å²) in [6, 6.07) is 5.76. The summed E-state index contributed by atoms with van der Waals surface area (Å²) in [5.41, 5.74) is -1.27. The Labute approximate surface area is 162 Å². The summed E-state index contributed by atoms with van der Waals surface area (Å²) in [5, 5.41) is 17.7. The van der Waals surface area contributed by atoms with Crippen molar-refractivity contribution in [3.05, 3.63) is 62.9 Å². The Balaban J connectivity index is 2.06. The van der Waals surface area contributed by atoms with Gasteiger partial charge in [-0.25, -0.2) is 18.4 Å². The van der Waals surface area contributed by atoms with E-state index >= 15 is 0 Å². The predicted molar refractivity (Wildman–Crippen MR) is 94.8 cm³/mol. The van der Waals surface area contributed by atoms with Gasteiger partial charge in [0.2, 0.25) is 15.8 Å². The number of nitrogens with zero attached hydrogens (tertiary/aromatic N) is 1. The number of hydrogen-bond donors (Lipinski definition) is 2. The molecular formula is C15H11ClFN3O7S. The van der Waals surface area contributed by atoms with E-state index in [1.807, 2.05) is 0 Å². The zero-order chi connectivity index (χ0) is 21.1. The molecule has 0 aliphatic rings. The number of amides is 1. The summed E-state index contributed by atoms with van der Waals surface area (Å²) >= 11 is 5.81. The number of carbonyl (C=O) groups is 2. The normalized spacial score (nSPS) is 11.0. The minimum atomic E-state index is -4.09. The van der Waals surface area contributed by atoms with Gasteiger partial charge in [0.1, 0.15) is 0 Å². The predicted octanol–water partition coefficient (Wildman–Crippen LogP) is 1.83. The van der Waals surface area contributed by atoms with Crippen LogP contribution < -0.4 is 10.5 Å². The van der Waals surface area contributed by atoms with E-state index in [2.05, 4.69) is 5.32 Å². The number of sulfonamides is 1. The number of carbonyl (C=O) groups excluding carboxylic acids is 2. The lowest BCUT2D eigenvalue weighted by Crippen LogP contribution is -2.21. The van der Waals surface area contributed by atoms with Crippen LogP contribution in [0.2, 0.25) is 5.02 Å². The Morgan fingerprint density at radius 2 is 1.93 bits per heavy atom. The minimum absolute atomic E-state index is 0.0941. The van der Waals surface area contributed by atoms with Crippen LogP contribution in [0.1, 0.15) is 10.4 Å². The standard InChI is InChI=1S/C15H11ClFN3O7S/c16-11-3-2-9(28(18,25)26)6-10(11)15(22)27-7-14(21)19-8-1-4-12(17)13(5-8)20(23)24/h1-6H,7H2,(H,19,21)(H2,18,25,26). The van der Waals surface area contributed by atoms with E-state index in [9.17, 15) is 32.5 Å². The maximum absolute atomic E-state index is 13.3. The molecule has 0 saturated heterocycles. The van der Waals surface area contributed by atoms with Gasteiger partial charge < -0.3 is 10.1 Å². The van der Waals surface area contributed by atoms with Crippen molar-refractivity contribution in [1.82, 2.24) is 0 Å². The van der Waals surface area contributed by atoms with Gasteiger partial charge in [-0.05, 0) is 30.3 Å². The van der Waals surface area contributed by atoms with Crippen molar-refractivity contribution < 1.29 is 32.1 Å². The van der Waals surface area contributed by atoms with Crippen LogP contribution in [-0.2, 0) is 19.6 Å². The molecule has 2 rings (SSSR count). The molecule has 13 heteroatoms. The number of primary sulfonamides is 1. The molecular weight excluding hydrogens is 421 g/mol. The molecule has 0 aliphatic heterocycles. The molecule has 0 aromatic heterocycles. The van der Waals surface area contributed by atoms with Gasteiger partial charge >= 0.3 is 11.7 Å². The topological polar surface area (TPSA) is 159 Å². The average Bonchev–Trinajstić information content (AvgIpc) is 2.60. The molecule has 1 amide bonds. The Bertz CT molecular complexity index is 1080. The van der Waals surface area contributed by atoms with E-state index in [1.54, 1.807) is 0 Å². The van der Waals surface area contributed by atoms with Gasteiger partial charge in [0, 0.05) is 11.8 Å². The number of halogens is 2. The Hall–Kier alpha value is -3.09. The SMILES string of the molecule is NS(=O)(=O)c1ccc(Cl)c(C(=O)OCC(=O)Nc2ccc(F)c([N+](=O)[O-])c2)c1. The number of esters is 1. The first-order chi connectivity index (χ1) is 13.0. The summed E-state index contributed by atoms with van der Waals surface area (Å²) in [5.74, 6) is -3.07. The lowest BCUT2D eigenvalue weighted by Gasteiger charge is -2.08. The number of rotatable bonds is 6. The third kappa shape index (κ3) is 5.22. The van der Waals surface area contributed by atoms with Gasteiger partial charge in [-0.2, -0.15) is 4.39 Å². The molecule has 0 spiro atoms. The van der Waals surface area contributed by atoms with Crippen LogP contribution in [0.4, 0.5) is 15.8 Å².